The molecule has 0 saturated heterocycles. The van der Waals surface area contributed by atoms with Crippen molar-refractivity contribution in [2.24, 2.45) is 0 Å². The molecule has 124 valence electrons. The third kappa shape index (κ3) is 2.76. The van der Waals surface area contributed by atoms with E-state index in [2.05, 4.69) is 5.16 Å². The molecule has 0 spiro atoms. The zero-order valence-electron chi connectivity index (χ0n) is 12.9. The Kier molecular flexibility index (Phi) is 4.29. The number of carboxylic acid groups (broad SMARTS) is 1. The smallest absolute Gasteiger partial charge is 0.352 e. The van der Waals surface area contributed by atoms with Crippen molar-refractivity contribution in [3.63, 3.8) is 0 Å². The van der Waals surface area contributed by atoms with Gasteiger partial charge in [0.15, 0.2) is 12.0 Å². The van der Waals surface area contributed by atoms with Crippen LogP contribution in [0.4, 0.5) is 0 Å². The van der Waals surface area contributed by atoms with Crippen LogP contribution in [0, 0.1) is 13.8 Å². The average Bonchev–Trinajstić information content (AvgIpc) is 3.20. The molecule has 0 bridgehead atoms. The van der Waals surface area contributed by atoms with Gasteiger partial charge in [-0.3, -0.25) is 4.79 Å². The van der Waals surface area contributed by atoms with Crippen LogP contribution in [-0.4, -0.2) is 27.1 Å². The third-order valence-corrected chi connectivity index (χ3v) is 5.09. The molecule has 0 fully saturated rings. The second kappa shape index (κ2) is 6.26. The number of halogens is 1. The number of nitrogens with zero attached hydrogens (tertiary/aromatic N) is 2. The van der Waals surface area contributed by atoms with Gasteiger partial charge in [0.25, 0.3) is 0 Å². The molecule has 0 atom stereocenters. The highest BCUT2D eigenvalue weighted by Crippen LogP contribution is 2.31. The molecule has 6 nitrogen and oxygen atoms in total. The SMILES string of the molecule is Cc1c(C=O)c(C)n(Cc2cc(-c3ccc(Cl)s3)on2)c1C(=O)O. The number of aromatic nitrogens is 2. The quantitative estimate of drug-likeness (QED) is 0.691. The van der Waals surface area contributed by atoms with Gasteiger partial charge in [-0.25, -0.2) is 4.79 Å². The van der Waals surface area contributed by atoms with E-state index in [1.54, 1.807) is 30.5 Å². The summed E-state index contributed by atoms with van der Waals surface area (Å²) in [7, 11) is 0. The molecule has 0 radical (unpaired) electrons. The summed E-state index contributed by atoms with van der Waals surface area (Å²) < 4.78 is 7.51. The van der Waals surface area contributed by atoms with Crippen LogP contribution < -0.4 is 0 Å². The highest BCUT2D eigenvalue weighted by molar-refractivity contribution is 7.19. The molecule has 3 aromatic rings. The van der Waals surface area contributed by atoms with Crippen LogP contribution in [0.5, 0.6) is 0 Å². The molecule has 0 aliphatic carbocycles. The number of carbonyl (C=O) groups excluding carboxylic acids is 1. The van der Waals surface area contributed by atoms with Crippen LogP contribution in [0.1, 0.15) is 37.8 Å². The summed E-state index contributed by atoms with van der Waals surface area (Å²) in [6.45, 7) is 3.53. The predicted octanol–water partition coefficient (Wildman–Crippen LogP) is 4.03. The highest BCUT2D eigenvalue weighted by Gasteiger charge is 2.23. The number of thiophene rings is 1. The standard InChI is InChI=1S/C16H13ClN2O4S/c1-8-11(7-20)9(2)19(15(8)16(21)22)6-10-5-12(23-18-10)13-3-4-14(17)24-13/h3-5,7H,6H2,1-2H3,(H,21,22). The van der Waals surface area contributed by atoms with Crippen LogP contribution >= 0.6 is 22.9 Å². The molecule has 24 heavy (non-hydrogen) atoms. The lowest BCUT2D eigenvalue weighted by Crippen LogP contribution is -2.12. The van der Waals surface area contributed by atoms with Gasteiger partial charge < -0.3 is 14.2 Å². The third-order valence-electron chi connectivity index (χ3n) is 3.84. The first-order valence-corrected chi connectivity index (χ1v) is 8.21. The van der Waals surface area contributed by atoms with Gasteiger partial charge in [0.1, 0.15) is 11.4 Å². The molecule has 0 saturated carbocycles. The van der Waals surface area contributed by atoms with Gasteiger partial charge in [-0.15, -0.1) is 11.3 Å². The Hall–Kier alpha value is -2.38. The Morgan fingerprint density at radius 1 is 1.46 bits per heavy atom. The number of carboxylic acids is 1. The van der Waals surface area contributed by atoms with E-state index < -0.39 is 5.97 Å². The second-order valence-electron chi connectivity index (χ2n) is 5.27. The average molecular weight is 365 g/mol. The normalized spacial score (nSPS) is 11.0. The molecular weight excluding hydrogens is 352 g/mol. The maximum absolute atomic E-state index is 11.6. The van der Waals surface area contributed by atoms with Gasteiger partial charge in [-0.1, -0.05) is 16.8 Å². The fourth-order valence-electron chi connectivity index (χ4n) is 2.67. The minimum Gasteiger partial charge on any atom is -0.477 e. The molecule has 3 aromatic heterocycles. The predicted molar refractivity (Wildman–Crippen MR) is 90.2 cm³/mol. The van der Waals surface area contributed by atoms with Crippen LogP contribution in [-0.2, 0) is 6.54 Å². The summed E-state index contributed by atoms with van der Waals surface area (Å²) in [5.41, 5.74) is 2.07. The van der Waals surface area contributed by atoms with Gasteiger partial charge in [-0.2, -0.15) is 0 Å². The van der Waals surface area contributed by atoms with Gasteiger partial charge in [0.2, 0.25) is 0 Å². The first-order valence-electron chi connectivity index (χ1n) is 7.01. The minimum atomic E-state index is -1.09. The number of aldehydes is 1. The minimum absolute atomic E-state index is 0.0818. The van der Waals surface area contributed by atoms with Gasteiger partial charge in [0.05, 0.1) is 15.8 Å². The Balaban J connectivity index is 1.99. The Morgan fingerprint density at radius 2 is 2.21 bits per heavy atom. The van der Waals surface area contributed by atoms with Crippen molar-refractivity contribution in [1.82, 2.24) is 9.72 Å². The molecule has 3 rings (SSSR count). The number of hydrogen-bond acceptors (Lipinski definition) is 5. The second-order valence-corrected chi connectivity index (χ2v) is 6.98. The molecule has 0 aliphatic heterocycles. The largest absolute Gasteiger partial charge is 0.477 e. The molecular formula is C16H13ClN2O4S. The molecule has 0 aliphatic rings. The molecule has 1 N–H and O–H groups in total. The van der Waals surface area contributed by atoms with Crippen molar-refractivity contribution in [3.8, 4) is 10.6 Å². The summed E-state index contributed by atoms with van der Waals surface area (Å²) in [6.07, 6.45) is 0.676. The first kappa shape index (κ1) is 16.5. The van der Waals surface area contributed by atoms with Crippen molar-refractivity contribution >= 4 is 35.2 Å². The van der Waals surface area contributed by atoms with Crippen molar-refractivity contribution in [2.75, 3.05) is 0 Å². The Bertz CT molecular complexity index is 938. The van der Waals surface area contributed by atoms with E-state index in [0.717, 1.165) is 4.88 Å². The summed E-state index contributed by atoms with van der Waals surface area (Å²) >= 11 is 7.28. The van der Waals surface area contributed by atoms with E-state index in [-0.39, 0.29) is 12.2 Å². The summed E-state index contributed by atoms with van der Waals surface area (Å²) in [5.74, 6) is -0.520. The Morgan fingerprint density at radius 3 is 2.79 bits per heavy atom. The number of carbonyl (C=O) groups is 2. The lowest BCUT2D eigenvalue weighted by molar-refractivity contribution is 0.0684. The van der Waals surface area contributed by atoms with E-state index >= 15 is 0 Å². The van der Waals surface area contributed by atoms with Crippen molar-refractivity contribution in [1.29, 1.82) is 0 Å². The zero-order valence-corrected chi connectivity index (χ0v) is 14.4. The van der Waals surface area contributed by atoms with Crippen molar-refractivity contribution < 1.29 is 19.2 Å². The maximum Gasteiger partial charge on any atom is 0.352 e. The molecule has 3 heterocycles. The van der Waals surface area contributed by atoms with E-state index in [1.165, 1.54) is 11.3 Å². The zero-order chi connectivity index (χ0) is 17.4. The number of hydrogen-bond donors (Lipinski definition) is 1. The summed E-state index contributed by atoms with van der Waals surface area (Å²) in [5, 5.41) is 13.4. The number of aromatic carboxylic acids is 1. The van der Waals surface area contributed by atoms with Crippen LogP contribution in [0.2, 0.25) is 4.34 Å². The van der Waals surface area contributed by atoms with Crippen molar-refractivity contribution in [3.05, 3.63) is 50.7 Å². The van der Waals surface area contributed by atoms with E-state index in [1.807, 2.05) is 6.07 Å². The number of rotatable bonds is 5. The monoisotopic (exact) mass is 364 g/mol. The van der Waals surface area contributed by atoms with Crippen molar-refractivity contribution in [2.45, 2.75) is 20.4 Å². The summed E-state index contributed by atoms with van der Waals surface area (Å²) in [6, 6.07) is 5.33. The highest BCUT2D eigenvalue weighted by atomic mass is 35.5. The van der Waals surface area contributed by atoms with Gasteiger partial charge >= 0.3 is 5.97 Å². The fraction of sp³-hybridized carbons (Fsp3) is 0.188. The van der Waals surface area contributed by atoms with Crippen LogP contribution in [0.3, 0.4) is 0 Å². The molecule has 0 unspecified atom stereocenters. The first-order chi connectivity index (χ1) is 11.4. The molecule has 8 heteroatoms. The Labute approximate surface area is 146 Å². The van der Waals surface area contributed by atoms with Crippen LogP contribution in [0.25, 0.3) is 10.6 Å². The van der Waals surface area contributed by atoms with Gasteiger partial charge in [0, 0.05) is 17.3 Å². The molecule has 0 aromatic carbocycles. The van der Waals surface area contributed by atoms with Crippen LogP contribution in [0.15, 0.2) is 22.7 Å². The lowest BCUT2D eigenvalue weighted by atomic mass is 10.1. The summed E-state index contributed by atoms with van der Waals surface area (Å²) in [4.78, 5) is 23.6. The topological polar surface area (TPSA) is 85.3 Å². The van der Waals surface area contributed by atoms with E-state index in [9.17, 15) is 14.7 Å². The van der Waals surface area contributed by atoms with Gasteiger partial charge in [-0.05, 0) is 31.5 Å². The van der Waals surface area contributed by atoms with E-state index in [4.69, 9.17) is 16.1 Å². The molecule has 0 amide bonds. The fourth-order valence-corrected chi connectivity index (χ4v) is 3.66. The van der Waals surface area contributed by atoms with E-state index in [0.29, 0.717) is 38.9 Å². The maximum atomic E-state index is 11.6. The lowest BCUT2D eigenvalue weighted by Gasteiger charge is -2.07.